The molecule has 114 valence electrons. The Morgan fingerprint density at radius 2 is 2.29 bits per heavy atom. The Labute approximate surface area is 131 Å². The lowest BCUT2D eigenvalue weighted by atomic mass is 10.0. The first kappa shape index (κ1) is 15.0. The molecule has 1 aromatic heterocycles. The fourth-order valence-corrected chi connectivity index (χ4v) is 4.56. The van der Waals surface area contributed by atoms with Crippen LogP contribution in [-0.2, 0) is 0 Å². The molecular formula is C18H25NOS. The van der Waals surface area contributed by atoms with Crippen molar-refractivity contribution >= 4 is 22.7 Å². The van der Waals surface area contributed by atoms with E-state index >= 15 is 0 Å². The fraction of sp³-hybridized carbons (Fsp3) is 0.556. The lowest BCUT2D eigenvalue weighted by Crippen LogP contribution is -2.32. The number of hydrogen-bond acceptors (Lipinski definition) is 3. The largest absolute Gasteiger partial charge is 0.459 e. The molecular weight excluding hydrogens is 278 g/mol. The van der Waals surface area contributed by atoms with Gasteiger partial charge >= 0.3 is 0 Å². The van der Waals surface area contributed by atoms with E-state index in [2.05, 4.69) is 55.2 Å². The Morgan fingerprint density at radius 1 is 1.38 bits per heavy atom. The number of rotatable bonds is 5. The van der Waals surface area contributed by atoms with E-state index in [1.807, 2.05) is 0 Å². The van der Waals surface area contributed by atoms with Crippen molar-refractivity contribution < 1.29 is 4.42 Å². The standard InChI is InChI=1S/C18H25NOS/c1-3-10-19-17(16-9-4-5-11-21-16)15-12-14-8-6-7-13(2)18(14)20-15/h6-8,12,16-17,19H,3-5,9-11H2,1-2H3. The molecule has 21 heavy (non-hydrogen) atoms. The smallest absolute Gasteiger partial charge is 0.137 e. The third kappa shape index (κ3) is 3.29. The molecule has 2 heterocycles. The predicted molar refractivity (Wildman–Crippen MR) is 92.1 cm³/mol. The molecule has 0 aliphatic carbocycles. The van der Waals surface area contributed by atoms with Gasteiger partial charge < -0.3 is 9.73 Å². The minimum absolute atomic E-state index is 0.349. The summed E-state index contributed by atoms with van der Waals surface area (Å²) in [5.41, 5.74) is 2.28. The molecule has 0 saturated carbocycles. The highest BCUT2D eigenvalue weighted by Gasteiger charge is 2.28. The van der Waals surface area contributed by atoms with Gasteiger partial charge in [0.2, 0.25) is 0 Å². The minimum atomic E-state index is 0.349. The highest BCUT2D eigenvalue weighted by atomic mass is 32.2. The van der Waals surface area contributed by atoms with Crippen molar-refractivity contribution in [3.05, 3.63) is 35.6 Å². The van der Waals surface area contributed by atoms with E-state index in [-0.39, 0.29) is 0 Å². The number of benzene rings is 1. The van der Waals surface area contributed by atoms with Crippen LogP contribution in [0.25, 0.3) is 11.0 Å². The van der Waals surface area contributed by atoms with Gasteiger partial charge in [0, 0.05) is 10.6 Å². The summed E-state index contributed by atoms with van der Waals surface area (Å²) in [5.74, 6) is 2.40. The van der Waals surface area contributed by atoms with Gasteiger partial charge in [0.05, 0.1) is 6.04 Å². The summed E-state index contributed by atoms with van der Waals surface area (Å²) >= 11 is 2.11. The molecule has 1 aliphatic rings. The third-order valence-electron chi connectivity index (χ3n) is 4.27. The van der Waals surface area contributed by atoms with Crippen LogP contribution >= 0.6 is 11.8 Å². The van der Waals surface area contributed by atoms with Gasteiger partial charge in [0.15, 0.2) is 0 Å². The summed E-state index contributed by atoms with van der Waals surface area (Å²) in [6.45, 7) is 5.40. The zero-order chi connectivity index (χ0) is 14.7. The highest BCUT2D eigenvalue weighted by Crippen LogP contribution is 2.37. The number of thioether (sulfide) groups is 1. The first-order valence-electron chi connectivity index (χ1n) is 8.13. The summed E-state index contributed by atoms with van der Waals surface area (Å²) in [4.78, 5) is 0. The molecule has 0 spiro atoms. The molecule has 1 aliphatic heterocycles. The predicted octanol–water partition coefficient (Wildman–Crippen LogP) is 5.07. The monoisotopic (exact) mass is 303 g/mol. The minimum Gasteiger partial charge on any atom is -0.459 e. The van der Waals surface area contributed by atoms with Crippen LogP contribution < -0.4 is 5.32 Å². The van der Waals surface area contributed by atoms with E-state index in [1.165, 1.54) is 36.0 Å². The van der Waals surface area contributed by atoms with Crippen LogP contribution in [0.4, 0.5) is 0 Å². The van der Waals surface area contributed by atoms with Crippen LogP contribution in [0.15, 0.2) is 28.7 Å². The second kappa shape index (κ2) is 6.89. The molecule has 1 saturated heterocycles. The van der Waals surface area contributed by atoms with Crippen molar-refractivity contribution in [2.45, 2.75) is 50.8 Å². The molecule has 2 aromatic rings. The zero-order valence-electron chi connectivity index (χ0n) is 13.0. The quantitative estimate of drug-likeness (QED) is 0.835. The Balaban J connectivity index is 1.90. The van der Waals surface area contributed by atoms with Crippen LogP contribution in [0.1, 0.15) is 50.0 Å². The third-order valence-corrected chi connectivity index (χ3v) is 5.73. The molecule has 0 amide bonds. The molecule has 3 heteroatoms. The number of aryl methyl sites for hydroxylation is 1. The second-order valence-electron chi connectivity index (χ2n) is 5.98. The fourth-order valence-electron chi connectivity index (χ4n) is 3.13. The van der Waals surface area contributed by atoms with Crippen molar-refractivity contribution in [2.75, 3.05) is 12.3 Å². The number of fused-ring (bicyclic) bond motifs is 1. The molecule has 3 rings (SSSR count). The SMILES string of the molecule is CCCNC(c1cc2cccc(C)c2o1)C1CCCCS1. The van der Waals surface area contributed by atoms with Gasteiger partial charge in [0.25, 0.3) is 0 Å². The van der Waals surface area contributed by atoms with Gasteiger partial charge in [-0.15, -0.1) is 0 Å². The van der Waals surface area contributed by atoms with E-state index in [9.17, 15) is 0 Å². The second-order valence-corrected chi connectivity index (χ2v) is 7.33. The van der Waals surface area contributed by atoms with Crippen LogP contribution in [0.2, 0.25) is 0 Å². The topological polar surface area (TPSA) is 25.2 Å². The van der Waals surface area contributed by atoms with Crippen molar-refractivity contribution in [3.63, 3.8) is 0 Å². The normalized spacial score (nSPS) is 20.8. The molecule has 2 nitrogen and oxygen atoms in total. The van der Waals surface area contributed by atoms with Gasteiger partial charge in [-0.1, -0.05) is 31.5 Å². The van der Waals surface area contributed by atoms with Gasteiger partial charge in [-0.25, -0.2) is 0 Å². The summed E-state index contributed by atoms with van der Waals surface area (Å²) < 4.78 is 6.24. The van der Waals surface area contributed by atoms with Crippen LogP contribution in [0.5, 0.6) is 0 Å². The Morgan fingerprint density at radius 3 is 3.00 bits per heavy atom. The van der Waals surface area contributed by atoms with E-state index < -0.39 is 0 Å². The van der Waals surface area contributed by atoms with Crippen LogP contribution in [-0.4, -0.2) is 17.5 Å². The van der Waals surface area contributed by atoms with E-state index in [4.69, 9.17) is 4.42 Å². The first-order chi connectivity index (χ1) is 10.3. The van der Waals surface area contributed by atoms with Gasteiger partial charge in [-0.2, -0.15) is 11.8 Å². The molecule has 1 N–H and O–H groups in total. The van der Waals surface area contributed by atoms with E-state index in [0.717, 1.165) is 24.3 Å². The number of para-hydroxylation sites is 1. The summed E-state index contributed by atoms with van der Waals surface area (Å²) in [7, 11) is 0. The highest BCUT2D eigenvalue weighted by molar-refractivity contribution is 8.00. The maximum Gasteiger partial charge on any atom is 0.137 e. The molecule has 1 fully saturated rings. The maximum atomic E-state index is 6.24. The number of nitrogens with one attached hydrogen (secondary N) is 1. The maximum absolute atomic E-state index is 6.24. The molecule has 2 unspecified atom stereocenters. The molecule has 0 bridgehead atoms. The van der Waals surface area contributed by atoms with Gasteiger partial charge in [-0.3, -0.25) is 0 Å². The van der Waals surface area contributed by atoms with E-state index in [0.29, 0.717) is 11.3 Å². The summed E-state index contributed by atoms with van der Waals surface area (Å²) in [6, 6.07) is 8.98. The zero-order valence-corrected chi connectivity index (χ0v) is 13.8. The van der Waals surface area contributed by atoms with Gasteiger partial charge in [0.1, 0.15) is 11.3 Å². The van der Waals surface area contributed by atoms with Crippen LogP contribution in [0.3, 0.4) is 0 Å². The van der Waals surface area contributed by atoms with Crippen molar-refractivity contribution in [1.82, 2.24) is 5.32 Å². The average Bonchev–Trinajstić information content (AvgIpc) is 2.94. The Bertz CT molecular complexity index is 586. The summed E-state index contributed by atoms with van der Waals surface area (Å²) in [6.07, 6.45) is 5.16. The number of hydrogen-bond donors (Lipinski definition) is 1. The van der Waals surface area contributed by atoms with Crippen molar-refractivity contribution in [1.29, 1.82) is 0 Å². The van der Waals surface area contributed by atoms with Crippen molar-refractivity contribution in [3.8, 4) is 0 Å². The first-order valence-corrected chi connectivity index (χ1v) is 9.18. The summed E-state index contributed by atoms with van der Waals surface area (Å²) in [5, 5.41) is 5.60. The van der Waals surface area contributed by atoms with Crippen LogP contribution in [0, 0.1) is 6.92 Å². The van der Waals surface area contributed by atoms with E-state index in [1.54, 1.807) is 0 Å². The van der Waals surface area contributed by atoms with Crippen molar-refractivity contribution in [2.24, 2.45) is 0 Å². The average molecular weight is 303 g/mol. The lowest BCUT2D eigenvalue weighted by molar-refractivity contribution is 0.403. The molecule has 1 aromatic carbocycles. The molecule has 2 atom stereocenters. The Kier molecular flexibility index (Phi) is 4.91. The van der Waals surface area contributed by atoms with Gasteiger partial charge in [-0.05, 0) is 50.1 Å². The Hall–Kier alpha value is -0.930. The molecule has 0 radical (unpaired) electrons. The number of furan rings is 1. The lowest BCUT2D eigenvalue weighted by Gasteiger charge is -2.29.